The van der Waals surface area contributed by atoms with Gasteiger partial charge in [0.15, 0.2) is 0 Å². The summed E-state index contributed by atoms with van der Waals surface area (Å²) in [6.45, 7) is 1.44. The number of imidazole rings is 1. The quantitative estimate of drug-likeness (QED) is 0.851. The van der Waals surface area contributed by atoms with Crippen molar-refractivity contribution in [3.05, 3.63) is 36.3 Å². The van der Waals surface area contributed by atoms with Crippen LogP contribution in [0.25, 0.3) is 0 Å². The number of ether oxygens (including phenoxy) is 1. The highest BCUT2D eigenvalue weighted by Gasteiger charge is 2.29. The molecule has 1 aliphatic heterocycles. The van der Waals surface area contributed by atoms with E-state index in [1.807, 2.05) is 0 Å². The van der Waals surface area contributed by atoms with Crippen LogP contribution < -0.4 is 5.32 Å². The van der Waals surface area contributed by atoms with Crippen molar-refractivity contribution >= 4 is 11.7 Å². The average molecular weight is 288 g/mol. The van der Waals surface area contributed by atoms with E-state index in [2.05, 4.69) is 25.3 Å². The molecule has 8 heteroatoms. The summed E-state index contributed by atoms with van der Waals surface area (Å²) in [6.07, 6.45) is 5.96. The van der Waals surface area contributed by atoms with Crippen molar-refractivity contribution in [1.82, 2.24) is 24.8 Å². The lowest BCUT2D eigenvalue weighted by Gasteiger charge is -2.32. The summed E-state index contributed by atoms with van der Waals surface area (Å²) in [5, 5.41) is 2.99. The third-order valence-corrected chi connectivity index (χ3v) is 3.35. The molecule has 0 aliphatic carbocycles. The molecule has 1 saturated heterocycles. The summed E-state index contributed by atoms with van der Waals surface area (Å²) < 4.78 is 5.74. The number of aromatic nitrogens is 4. The fourth-order valence-electron chi connectivity index (χ4n) is 2.32. The Kier molecular flexibility index (Phi) is 3.78. The first-order chi connectivity index (χ1) is 10.3. The maximum Gasteiger partial charge on any atom is 0.272 e. The molecule has 2 N–H and O–H groups in total. The first-order valence-corrected chi connectivity index (χ1v) is 6.67. The Morgan fingerprint density at radius 1 is 1.48 bits per heavy atom. The Morgan fingerprint density at radius 2 is 2.33 bits per heavy atom. The summed E-state index contributed by atoms with van der Waals surface area (Å²) in [5.74, 6) is 0.578. The van der Waals surface area contributed by atoms with Gasteiger partial charge < -0.3 is 19.9 Å². The molecule has 1 aliphatic rings. The van der Waals surface area contributed by atoms with Crippen LogP contribution in [0.1, 0.15) is 22.3 Å². The first kappa shape index (κ1) is 13.5. The van der Waals surface area contributed by atoms with Gasteiger partial charge in [-0.15, -0.1) is 0 Å². The third-order valence-electron chi connectivity index (χ3n) is 3.35. The molecule has 110 valence electrons. The minimum absolute atomic E-state index is 0.0873. The molecule has 1 fully saturated rings. The van der Waals surface area contributed by atoms with Crippen LogP contribution in [-0.4, -0.2) is 57.5 Å². The number of anilines is 1. The smallest absolute Gasteiger partial charge is 0.272 e. The number of carbonyl (C=O) groups is 1. The number of nitrogens with one attached hydrogen (secondary N) is 2. The van der Waals surface area contributed by atoms with Gasteiger partial charge in [0.05, 0.1) is 25.7 Å². The average Bonchev–Trinajstić information content (AvgIpc) is 3.08. The standard InChI is InChI=1S/C13H16N6O2/c1-14-12-11(16-2-3-17-12)10-7-19(4-5-21-10)13(20)9-6-15-8-18-9/h2-3,6,8,10H,4-5,7H2,1H3,(H,14,17)(H,15,18)/t10-/m1/s1. The largest absolute Gasteiger partial charge is 0.372 e. The van der Waals surface area contributed by atoms with Gasteiger partial charge in [-0.2, -0.15) is 0 Å². The highest BCUT2D eigenvalue weighted by atomic mass is 16.5. The van der Waals surface area contributed by atoms with Crippen molar-refractivity contribution in [2.45, 2.75) is 6.10 Å². The van der Waals surface area contributed by atoms with E-state index in [-0.39, 0.29) is 12.0 Å². The van der Waals surface area contributed by atoms with E-state index in [1.54, 1.807) is 24.3 Å². The summed E-state index contributed by atoms with van der Waals surface area (Å²) >= 11 is 0. The van der Waals surface area contributed by atoms with Gasteiger partial charge in [-0.1, -0.05) is 0 Å². The molecule has 1 atom stereocenters. The third kappa shape index (κ3) is 2.70. The summed E-state index contributed by atoms with van der Waals surface area (Å²) in [6, 6.07) is 0. The molecule has 8 nitrogen and oxygen atoms in total. The molecule has 0 aromatic carbocycles. The van der Waals surface area contributed by atoms with Gasteiger partial charge in [-0.3, -0.25) is 9.78 Å². The Labute approximate surface area is 121 Å². The topological polar surface area (TPSA) is 96.0 Å². The number of nitrogens with zero attached hydrogens (tertiary/aromatic N) is 4. The van der Waals surface area contributed by atoms with Gasteiger partial charge >= 0.3 is 0 Å². The lowest BCUT2D eigenvalue weighted by atomic mass is 10.2. The summed E-state index contributed by atoms with van der Waals surface area (Å²) in [5.41, 5.74) is 1.19. The number of hydrogen-bond acceptors (Lipinski definition) is 6. The minimum atomic E-state index is -0.290. The van der Waals surface area contributed by atoms with Crippen molar-refractivity contribution in [1.29, 1.82) is 0 Å². The van der Waals surface area contributed by atoms with E-state index in [0.717, 1.165) is 0 Å². The molecule has 0 unspecified atom stereocenters. The van der Waals surface area contributed by atoms with E-state index in [4.69, 9.17) is 4.74 Å². The molecule has 1 amide bonds. The highest BCUT2D eigenvalue weighted by molar-refractivity contribution is 5.92. The monoisotopic (exact) mass is 288 g/mol. The molecular formula is C13H16N6O2. The molecule has 0 spiro atoms. The van der Waals surface area contributed by atoms with E-state index in [0.29, 0.717) is 36.9 Å². The Bertz CT molecular complexity index is 615. The second kappa shape index (κ2) is 5.88. The second-order valence-electron chi connectivity index (χ2n) is 4.62. The van der Waals surface area contributed by atoms with E-state index < -0.39 is 0 Å². The zero-order valence-corrected chi connectivity index (χ0v) is 11.6. The van der Waals surface area contributed by atoms with Gasteiger partial charge in [0, 0.05) is 26.0 Å². The van der Waals surface area contributed by atoms with Crippen LogP contribution in [0.5, 0.6) is 0 Å². The number of carbonyl (C=O) groups excluding carboxylic acids is 1. The van der Waals surface area contributed by atoms with Gasteiger partial charge in [0.2, 0.25) is 0 Å². The molecular weight excluding hydrogens is 272 g/mol. The predicted octanol–water partition coefficient (Wildman–Crippen LogP) is 0.455. The zero-order valence-electron chi connectivity index (χ0n) is 11.6. The van der Waals surface area contributed by atoms with Crippen LogP contribution in [0.3, 0.4) is 0 Å². The van der Waals surface area contributed by atoms with Crippen LogP contribution >= 0.6 is 0 Å². The van der Waals surface area contributed by atoms with Crippen molar-refractivity contribution in [2.24, 2.45) is 0 Å². The molecule has 21 heavy (non-hydrogen) atoms. The Hall–Kier alpha value is -2.48. The zero-order chi connectivity index (χ0) is 14.7. The van der Waals surface area contributed by atoms with Crippen molar-refractivity contribution in [2.75, 3.05) is 32.1 Å². The summed E-state index contributed by atoms with van der Waals surface area (Å²) in [7, 11) is 1.78. The lowest BCUT2D eigenvalue weighted by Crippen LogP contribution is -2.42. The van der Waals surface area contributed by atoms with Gasteiger partial charge in [0.25, 0.3) is 5.91 Å². The molecule has 2 aromatic heterocycles. The molecule has 3 heterocycles. The Morgan fingerprint density at radius 3 is 3.10 bits per heavy atom. The fourth-order valence-corrected chi connectivity index (χ4v) is 2.32. The van der Waals surface area contributed by atoms with Crippen LogP contribution in [0.15, 0.2) is 24.9 Å². The lowest BCUT2D eigenvalue weighted by molar-refractivity contribution is -0.0247. The van der Waals surface area contributed by atoms with E-state index in [1.165, 1.54) is 12.5 Å². The number of morpholine rings is 1. The molecule has 3 rings (SSSR count). The van der Waals surface area contributed by atoms with Crippen molar-refractivity contribution < 1.29 is 9.53 Å². The summed E-state index contributed by atoms with van der Waals surface area (Å²) in [4.78, 5) is 29.3. The normalized spacial score (nSPS) is 18.5. The van der Waals surface area contributed by atoms with Gasteiger partial charge in [0.1, 0.15) is 23.3 Å². The minimum Gasteiger partial charge on any atom is -0.372 e. The molecule has 0 radical (unpaired) electrons. The van der Waals surface area contributed by atoms with Gasteiger partial charge in [-0.25, -0.2) is 9.97 Å². The number of aromatic amines is 1. The van der Waals surface area contributed by atoms with Crippen LogP contribution in [-0.2, 0) is 4.74 Å². The molecule has 0 saturated carbocycles. The van der Waals surface area contributed by atoms with Crippen LogP contribution in [0.2, 0.25) is 0 Å². The van der Waals surface area contributed by atoms with E-state index in [9.17, 15) is 4.79 Å². The second-order valence-corrected chi connectivity index (χ2v) is 4.62. The fraction of sp³-hybridized carbons (Fsp3) is 0.385. The first-order valence-electron chi connectivity index (χ1n) is 6.67. The van der Waals surface area contributed by atoms with Gasteiger partial charge in [-0.05, 0) is 0 Å². The molecule has 2 aromatic rings. The maximum atomic E-state index is 12.3. The number of rotatable bonds is 3. The van der Waals surface area contributed by atoms with Crippen molar-refractivity contribution in [3.63, 3.8) is 0 Å². The molecule has 0 bridgehead atoms. The maximum absolute atomic E-state index is 12.3. The highest BCUT2D eigenvalue weighted by Crippen LogP contribution is 2.25. The number of hydrogen-bond donors (Lipinski definition) is 2. The number of H-pyrrole nitrogens is 1. The van der Waals surface area contributed by atoms with Crippen LogP contribution in [0, 0.1) is 0 Å². The van der Waals surface area contributed by atoms with E-state index >= 15 is 0 Å². The van der Waals surface area contributed by atoms with Crippen molar-refractivity contribution in [3.8, 4) is 0 Å². The Balaban J connectivity index is 1.78. The predicted molar refractivity (Wildman–Crippen MR) is 74.8 cm³/mol. The SMILES string of the molecule is CNc1nccnc1[C@H]1CN(C(=O)c2cnc[nH]2)CCO1. The van der Waals surface area contributed by atoms with Crippen LogP contribution in [0.4, 0.5) is 5.82 Å². The number of amides is 1.